The fourth-order valence-electron chi connectivity index (χ4n) is 1.68. The van der Waals surface area contributed by atoms with Crippen molar-refractivity contribution in [3.8, 4) is 5.75 Å². The van der Waals surface area contributed by atoms with E-state index < -0.39 is 30.4 Å². The minimum Gasteiger partial charge on any atom is -0.497 e. The lowest BCUT2D eigenvalue weighted by Gasteiger charge is -2.25. The van der Waals surface area contributed by atoms with Gasteiger partial charge in [0.1, 0.15) is 17.5 Å². The number of hydrogen-bond acceptors (Lipinski definition) is 6. The first-order chi connectivity index (χ1) is 10.3. The molecule has 124 valence electrons. The molecule has 2 N–H and O–H groups in total. The van der Waals surface area contributed by atoms with Crippen LogP contribution < -0.4 is 4.74 Å². The quantitative estimate of drug-likeness (QED) is 0.738. The van der Waals surface area contributed by atoms with Crippen LogP contribution in [0.15, 0.2) is 24.3 Å². The van der Waals surface area contributed by atoms with Gasteiger partial charge in [0.2, 0.25) is 0 Å². The Morgan fingerprint density at radius 1 is 1.23 bits per heavy atom. The van der Waals surface area contributed by atoms with E-state index in [1.807, 2.05) is 0 Å². The third kappa shape index (κ3) is 6.01. The van der Waals surface area contributed by atoms with Crippen molar-refractivity contribution in [3.05, 3.63) is 29.8 Å². The SMILES string of the molecule is COc1ccc(CO[C@H](CO)[C@H](O)C(=O)OC(C)(C)C)cc1. The number of aliphatic hydroxyl groups is 2. The normalized spacial score (nSPS) is 14.3. The molecule has 0 saturated heterocycles. The standard InChI is InChI=1S/C16H24O6/c1-16(2,3)22-15(19)14(18)13(9-17)21-10-11-5-7-12(20-4)8-6-11/h5-8,13-14,17-18H,9-10H2,1-4H3/t13-,14+/m1/s1. The summed E-state index contributed by atoms with van der Waals surface area (Å²) in [5.74, 6) is -0.0995. The second kappa shape index (κ2) is 8.12. The van der Waals surface area contributed by atoms with E-state index in [9.17, 15) is 15.0 Å². The highest BCUT2D eigenvalue weighted by Gasteiger charge is 2.30. The van der Waals surface area contributed by atoms with Gasteiger partial charge in [0.05, 0.1) is 20.3 Å². The number of methoxy groups -OCH3 is 1. The number of benzene rings is 1. The van der Waals surface area contributed by atoms with E-state index in [1.165, 1.54) is 0 Å². The summed E-state index contributed by atoms with van der Waals surface area (Å²) in [7, 11) is 1.57. The van der Waals surface area contributed by atoms with E-state index in [2.05, 4.69) is 0 Å². The number of ether oxygens (including phenoxy) is 3. The number of hydrogen-bond donors (Lipinski definition) is 2. The number of rotatable bonds is 7. The van der Waals surface area contributed by atoms with Crippen molar-refractivity contribution in [2.24, 2.45) is 0 Å². The van der Waals surface area contributed by atoms with Crippen molar-refractivity contribution in [3.63, 3.8) is 0 Å². The summed E-state index contributed by atoms with van der Waals surface area (Å²) < 4.78 is 15.5. The van der Waals surface area contributed by atoms with E-state index in [0.29, 0.717) is 0 Å². The summed E-state index contributed by atoms with van der Waals surface area (Å²) in [6.07, 6.45) is -2.58. The van der Waals surface area contributed by atoms with Crippen LogP contribution in [0.4, 0.5) is 0 Å². The lowest BCUT2D eigenvalue weighted by atomic mass is 10.1. The molecule has 0 fully saturated rings. The molecule has 1 rings (SSSR count). The number of aliphatic hydroxyl groups excluding tert-OH is 2. The van der Waals surface area contributed by atoms with Gasteiger partial charge in [-0.2, -0.15) is 0 Å². The van der Waals surface area contributed by atoms with Crippen LogP contribution in [0.25, 0.3) is 0 Å². The first-order valence-corrected chi connectivity index (χ1v) is 7.03. The molecule has 2 atom stereocenters. The third-order valence-electron chi connectivity index (χ3n) is 2.80. The molecule has 22 heavy (non-hydrogen) atoms. The molecule has 0 heterocycles. The predicted octanol–water partition coefficient (Wildman–Crippen LogP) is 1.28. The Balaban J connectivity index is 2.58. The van der Waals surface area contributed by atoms with Crippen LogP contribution >= 0.6 is 0 Å². The number of esters is 1. The van der Waals surface area contributed by atoms with Crippen molar-refractivity contribution in [2.75, 3.05) is 13.7 Å². The molecule has 0 aromatic heterocycles. The summed E-state index contributed by atoms with van der Waals surface area (Å²) in [5, 5.41) is 19.2. The maximum atomic E-state index is 11.8. The van der Waals surface area contributed by atoms with Gasteiger partial charge >= 0.3 is 5.97 Å². The van der Waals surface area contributed by atoms with E-state index >= 15 is 0 Å². The zero-order valence-electron chi connectivity index (χ0n) is 13.4. The van der Waals surface area contributed by atoms with Gasteiger partial charge in [-0.1, -0.05) is 12.1 Å². The van der Waals surface area contributed by atoms with Crippen LogP contribution in [0.3, 0.4) is 0 Å². The molecule has 0 amide bonds. The highest BCUT2D eigenvalue weighted by atomic mass is 16.6. The van der Waals surface area contributed by atoms with Gasteiger partial charge in [-0.05, 0) is 38.5 Å². The van der Waals surface area contributed by atoms with E-state index in [1.54, 1.807) is 52.1 Å². The molecular weight excluding hydrogens is 288 g/mol. The van der Waals surface area contributed by atoms with Gasteiger partial charge in [0, 0.05) is 0 Å². The largest absolute Gasteiger partial charge is 0.497 e. The van der Waals surface area contributed by atoms with Gasteiger partial charge in [-0.15, -0.1) is 0 Å². The first kappa shape index (κ1) is 18.4. The Morgan fingerprint density at radius 3 is 2.27 bits per heavy atom. The number of carbonyl (C=O) groups is 1. The molecule has 0 saturated carbocycles. The van der Waals surface area contributed by atoms with Crippen molar-refractivity contribution in [1.29, 1.82) is 0 Å². The van der Waals surface area contributed by atoms with Crippen molar-refractivity contribution in [1.82, 2.24) is 0 Å². The van der Waals surface area contributed by atoms with E-state index in [0.717, 1.165) is 11.3 Å². The molecule has 6 nitrogen and oxygen atoms in total. The molecule has 1 aromatic rings. The topological polar surface area (TPSA) is 85.2 Å². The Bertz CT molecular complexity index is 463. The predicted molar refractivity (Wildman–Crippen MR) is 80.5 cm³/mol. The first-order valence-electron chi connectivity index (χ1n) is 7.03. The van der Waals surface area contributed by atoms with Crippen LogP contribution in [0.2, 0.25) is 0 Å². The van der Waals surface area contributed by atoms with Crippen LogP contribution in [-0.2, 0) is 20.9 Å². The Hall–Kier alpha value is -1.63. The van der Waals surface area contributed by atoms with Gasteiger partial charge < -0.3 is 24.4 Å². The summed E-state index contributed by atoms with van der Waals surface area (Å²) in [6.45, 7) is 4.75. The van der Waals surface area contributed by atoms with Gasteiger partial charge in [0.15, 0.2) is 6.10 Å². The lowest BCUT2D eigenvalue weighted by Crippen LogP contribution is -2.42. The van der Waals surface area contributed by atoms with Crippen molar-refractivity contribution < 1.29 is 29.2 Å². The molecule has 0 radical (unpaired) electrons. The molecule has 0 spiro atoms. The van der Waals surface area contributed by atoms with Crippen LogP contribution in [-0.4, -0.2) is 47.7 Å². The van der Waals surface area contributed by atoms with E-state index in [4.69, 9.17) is 14.2 Å². The average molecular weight is 312 g/mol. The number of carbonyl (C=O) groups excluding carboxylic acids is 1. The van der Waals surface area contributed by atoms with Crippen molar-refractivity contribution >= 4 is 5.97 Å². The zero-order chi connectivity index (χ0) is 16.8. The fraction of sp³-hybridized carbons (Fsp3) is 0.562. The van der Waals surface area contributed by atoms with Crippen molar-refractivity contribution in [2.45, 2.75) is 45.2 Å². The molecule has 0 bridgehead atoms. The van der Waals surface area contributed by atoms with Crippen LogP contribution in [0.1, 0.15) is 26.3 Å². The molecular formula is C16H24O6. The lowest BCUT2D eigenvalue weighted by molar-refractivity contribution is -0.176. The Labute approximate surface area is 130 Å². The van der Waals surface area contributed by atoms with Gasteiger partial charge in [-0.25, -0.2) is 4.79 Å². The molecule has 0 aliphatic rings. The summed E-state index contributed by atoms with van der Waals surface area (Å²) >= 11 is 0. The van der Waals surface area contributed by atoms with E-state index in [-0.39, 0.29) is 6.61 Å². The maximum Gasteiger partial charge on any atom is 0.338 e. The highest BCUT2D eigenvalue weighted by Crippen LogP contribution is 2.15. The second-order valence-corrected chi connectivity index (χ2v) is 5.86. The fourth-order valence-corrected chi connectivity index (χ4v) is 1.68. The summed E-state index contributed by atoms with van der Waals surface area (Å²) in [5.41, 5.74) is 0.115. The zero-order valence-corrected chi connectivity index (χ0v) is 13.4. The third-order valence-corrected chi connectivity index (χ3v) is 2.80. The second-order valence-electron chi connectivity index (χ2n) is 5.86. The maximum absolute atomic E-state index is 11.8. The average Bonchev–Trinajstić information content (AvgIpc) is 2.46. The van der Waals surface area contributed by atoms with Crippen LogP contribution in [0, 0.1) is 0 Å². The minimum atomic E-state index is -1.54. The Morgan fingerprint density at radius 2 is 1.82 bits per heavy atom. The van der Waals surface area contributed by atoms with Crippen LogP contribution in [0.5, 0.6) is 5.75 Å². The molecule has 0 aliphatic heterocycles. The monoisotopic (exact) mass is 312 g/mol. The smallest absolute Gasteiger partial charge is 0.338 e. The Kier molecular flexibility index (Phi) is 6.80. The molecule has 0 unspecified atom stereocenters. The molecule has 1 aromatic carbocycles. The summed E-state index contributed by atoms with van der Waals surface area (Å²) in [6, 6.07) is 7.15. The molecule has 6 heteroatoms. The highest BCUT2D eigenvalue weighted by molar-refractivity contribution is 5.75. The molecule has 0 aliphatic carbocycles. The minimum absolute atomic E-state index is 0.148. The van der Waals surface area contributed by atoms with Gasteiger partial charge in [0.25, 0.3) is 0 Å². The summed E-state index contributed by atoms with van der Waals surface area (Å²) in [4.78, 5) is 11.8. The van der Waals surface area contributed by atoms with Gasteiger partial charge in [-0.3, -0.25) is 0 Å².